The van der Waals surface area contributed by atoms with Crippen molar-refractivity contribution < 1.29 is 19.1 Å². The number of ether oxygens (including phenoxy) is 2. The molecule has 182 valence electrons. The summed E-state index contributed by atoms with van der Waals surface area (Å²) >= 11 is 1.65. The van der Waals surface area contributed by atoms with Crippen LogP contribution in [0.4, 0.5) is 5.00 Å². The number of nitrogens with one attached hydrogen (secondary N) is 2. The summed E-state index contributed by atoms with van der Waals surface area (Å²) in [5.74, 6) is 0.202. The Morgan fingerprint density at radius 1 is 1.06 bits per heavy atom. The molecule has 1 atom stereocenters. The number of thiophene rings is 1. The zero-order valence-electron chi connectivity index (χ0n) is 20.0. The fourth-order valence-corrected chi connectivity index (χ4v) is 6.27. The Kier molecular flexibility index (Phi) is 5.62. The Balaban J connectivity index is 1.26. The van der Waals surface area contributed by atoms with Crippen LogP contribution in [0.5, 0.6) is 11.5 Å². The fourth-order valence-electron chi connectivity index (χ4n) is 4.92. The van der Waals surface area contributed by atoms with Gasteiger partial charge in [-0.15, -0.1) is 11.3 Å². The highest BCUT2D eigenvalue weighted by Crippen LogP contribution is 2.41. The highest BCUT2D eigenvalue weighted by Gasteiger charge is 2.33. The van der Waals surface area contributed by atoms with Crippen LogP contribution in [-0.4, -0.2) is 37.5 Å². The van der Waals surface area contributed by atoms with Crippen LogP contribution in [0.25, 0.3) is 10.8 Å². The van der Waals surface area contributed by atoms with Crippen molar-refractivity contribution >= 4 is 39.0 Å². The van der Waals surface area contributed by atoms with E-state index in [-0.39, 0.29) is 5.91 Å². The summed E-state index contributed by atoms with van der Waals surface area (Å²) in [6.45, 7) is 1.81. The van der Waals surface area contributed by atoms with Crippen molar-refractivity contribution in [1.82, 2.24) is 10.2 Å². The molecule has 0 unspecified atom stereocenters. The first-order valence-electron chi connectivity index (χ1n) is 11.8. The number of nitrogens with zero attached hydrogens (tertiary/aromatic N) is 1. The number of rotatable bonds is 4. The Hall–Kier alpha value is -3.88. The van der Waals surface area contributed by atoms with Gasteiger partial charge in [-0.05, 0) is 53.6 Å². The molecule has 2 N–H and O–H groups in total. The van der Waals surface area contributed by atoms with E-state index in [2.05, 4.69) is 22.6 Å². The van der Waals surface area contributed by atoms with Crippen molar-refractivity contribution in [3.63, 3.8) is 0 Å². The van der Waals surface area contributed by atoms with Crippen molar-refractivity contribution in [3.05, 3.63) is 87.8 Å². The standard InChI is InChI=1S/C28H25N3O4S/c1-31-13-12-20-23(15-31)36-27-24(20)26(32)29-25(30-27)17-10-11-21(22(14-17)34-2)35-28(33)19-9-5-7-16-6-3-4-8-18(16)19/h3-11,14,25,30H,12-13,15H2,1-2H3,(H,29,32)/t25-/m0/s1. The quantitative estimate of drug-likeness (QED) is 0.305. The van der Waals surface area contributed by atoms with Gasteiger partial charge in [-0.3, -0.25) is 4.79 Å². The lowest BCUT2D eigenvalue weighted by Gasteiger charge is -2.27. The van der Waals surface area contributed by atoms with Gasteiger partial charge in [0, 0.05) is 18.0 Å². The first-order valence-corrected chi connectivity index (χ1v) is 12.6. The Bertz CT molecular complexity index is 1510. The summed E-state index contributed by atoms with van der Waals surface area (Å²) in [5.41, 5.74) is 3.22. The molecule has 1 aromatic heterocycles. The summed E-state index contributed by atoms with van der Waals surface area (Å²) in [5, 5.41) is 9.25. The molecule has 0 bridgehead atoms. The topological polar surface area (TPSA) is 79.9 Å². The van der Waals surface area contributed by atoms with Gasteiger partial charge in [0.15, 0.2) is 11.5 Å². The molecule has 0 saturated heterocycles. The minimum absolute atomic E-state index is 0.0683. The summed E-state index contributed by atoms with van der Waals surface area (Å²) in [6.07, 6.45) is 0.460. The third kappa shape index (κ3) is 3.88. The van der Waals surface area contributed by atoms with E-state index < -0.39 is 12.1 Å². The summed E-state index contributed by atoms with van der Waals surface area (Å²) in [7, 11) is 3.63. The van der Waals surface area contributed by atoms with Crippen LogP contribution < -0.4 is 20.1 Å². The first kappa shape index (κ1) is 22.6. The van der Waals surface area contributed by atoms with E-state index in [0.29, 0.717) is 17.1 Å². The van der Waals surface area contributed by atoms with E-state index in [4.69, 9.17) is 9.47 Å². The minimum Gasteiger partial charge on any atom is -0.493 e. The third-order valence-electron chi connectivity index (χ3n) is 6.76. The predicted molar refractivity (Wildman–Crippen MR) is 140 cm³/mol. The number of benzene rings is 3. The maximum atomic E-state index is 13.1. The molecule has 8 heteroatoms. The van der Waals surface area contributed by atoms with Gasteiger partial charge in [-0.2, -0.15) is 0 Å². The maximum absolute atomic E-state index is 13.1. The number of esters is 1. The molecular weight excluding hydrogens is 474 g/mol. The van der Waals surface area contributed by atoms with Crippen LogP contribution >= 0.6 is 11.3 Å². The summed E-state index contributed by atoms with van der Waals surface area (Å²) in [6, 6.07) is 18.6. The lowest BCUT2D eigenvalue weighted by Crippen LogP contribution is -2.38. The highest BCUT2D eigenvalue weighted by molar-refractivity contribution is 7.16. The molecular formula is C28H25N3O4S. The number of fused-ring (bicyclic) bond motifs is 4. The number of hydrogen-bond donors (Lipinski definition) is 2. The second-order valence-corrected chi connectivity index (χ2v) is 10.2. The van der Waals surface area contributed by atoms with E-state index >= 15 is 0 Å². The Morgan fingerprint density at radius 2 is 1.89 bits per heavy atom. The molecule has 0 fully saturated rings. The number of likely N-dealkylation sites (N-methyl/N-ethyl adjacent to an activating group) is 1. The average Bonchev–Trinajstić information content (AvgIpc) is 3.26. The van der Waals surface area contributed by atoms with Gasteiger partial charge >= 0.3 is 5.97 Å². The van der Waals surface area contributed by atoms with E-state index in [1.807, 2.05) is 42.5 Å². The number of carbonyl (C=O) groups is 2. The Morgan fingerprint density at radius 3 is 2.75 bits per heavy atom. The second-order valence-electron chi connectivity index (χ2n) is 9.07. The molecule has 4 aromatic rings. The fraction of sp³-hybridized carbons (Fsp3) is 0.214. The molecule has 0 spiro atoms. The maximum Gasteiger partial charge on any atom is 0.344 e. The molecule has 36 heavy (non-hydrogen) atoms. The van der Waals surface area contributed by atoms with Crippen LogP contribution in [0.1, 0.15) is 42.9 Å². The predicted octanol–water partition coefficient (Wildman–Crippen LogP) is 4.97. The van der Waals surface area contributed by atoms with Gasteiger partial charge in [-0.1, -0.05) is 42.5 Å². The molecule has 2 aliphatic rings. The lowest BCUT2D eigenvalue weighted by atomic mass is 10.0. The molecule has 2 aliphatic heterocycles. The van der Waals surface area contributed by atoms with Crippen molar-refractivity contribution in [2.45, 2.75) is 19.1 Å². The van der Waals surface area contributed by atoms with Gasteiger partial charge in [-0.25, -0.2) is 4.79 Å². The number of amides is 1. The monoisotopic (exact) mass is 499 g/mol. The van der Waals surface area contributed by atoms with Crippen LogP contribution in [0.15, 0.2) is 60.7 Å². The SMILES string of the molecule is COc1cc([C@H]2NC(=O)c3c(sc4c3CCN(C)C4)N2)ccc1OC(=O)c1cccc2ccccc12. The van der Waals surface area contributed by atoms with Gasteiger partial charge in [0.05, 0.1) is 18.2 Å². The normalized spacial score (nSPS) is 17.1. The van der Waals surface area contributed by atoms with Gasteiger partial charge in [0.1, 0.15) is 11.2 Å². The van der Waals surface area contributed by atoms with Crippen molar-refractivity contribution in [2.75, 3.05) is 26.0 Å². The van der Waals surface area contributed by atoms with Crippen molar-refractivity contribution in [1.29, 1.82) is 0 Å². The van der Waals surface area contributed by atoms with E-state index in [1.54, 1.807) is 29.5 Å². The van der Waals surface area contributed by atoms with Gasteiger partial charge < -0.3 is 25.0 Å². The number of carbonyl (C=O) groups excluding carboxylic acids is 2. The number of hydrogen-bond acceptors (Lipinski definition) is 7. The van der Waals surface area contributed by atoms with E-state index in [9.17, 15) is 9.59 Å². The largest absolute Gasteiger partial charge is 0.493 e. The van der Waals surface area contributed by atoms with Gasteiger partial charge in [0.2, 0.25) is 0 Å². The third-order valence-corrected chi connectivity index (χ3v) is 7.91. The van der Waals surface area contributed by atoms with Crippen molar-refractivity contribution in [3.8, 4) is 11.5 Å². The van der Waals surface area contributed by atoms with Crippen LogP contribution in [0.3, 0.4) is 0 Å². The zero-order chi connectivity index (χ0) is 24.8. The number of methoxy groups -OCH3 is 1. The van der Waals surface area contributed by atoms with Crippen LogP contribution in [0, 0.1) is 0 Å². The molecule has 3 aromatic carbocycles. The average molecular weight is 500 g/mol. The molecule has 1 amide bonds. The van der Waals surface area contributed by atoms with E-state index in [0.717, 1.165) is 52.0 Å². The van der Waals surface area contributed by atoms with Crippen LogP contribution in [-0.2, 0) is 13.0 Å². The Labute approximate surface area is 212 Å². The zero-order valence-corrected chi connectivity index (χ0v) is 20.8. The second kappa shape index (κ2) is 8.96. The molecule has 7 nitrogen and oxygen atoms in total. The summed E-state index contributed by atoms with van der Waals surface area (Å²) in [4.78, 5) is 29.6. The molecule has 6 rings (SSSR count). The first-order chi connectivity index (χ1) is 17.5. The van der Waals surface area contributed by atoms with Crippen molar-refractivity contribution in [2.24, 2.45) is 0 Å². The lowest BCUT2D eigenvalue weighted by molar-refractivity contribution is 0.0731. The molecule has 0 saturated carbocycles. The minimum atomic E-state index is -0.458. The molecule has 0 aliphatic carbocycles. The van der Waals surface area contributed by atoms with E-state index in [1.165, 1.54) is 12.0 Å². The smallest absolute Gasteiger partial charge is 0.344 e. The molecule has 3 heterocycles. The van der Waals surface area contributed by atoms with Gasteiger partial charge in [0.25, 0.3) is 5.91 Å². The summed E-state index contributed by atoms with van der Waals surface area (Å²) < 4.78 is 11.3. The highest BCUT2D eigenvalue weighted by atomic mass is 32.1. The number of anilines is 1. The van der Waals surface area contributed by atoms with Crippen LogP contribution in [0.2, 0.25) is 0 Å². The molecule has 0 radical (unpaired) electrons.